The largest absolute Gasteiger partial charge is 0.465 e. The van der Waals surface area contributed by atoms with Crippen LogP contribution < -0.4 is 0 Å². The van der Waals surface area contributed by atoms with Gasteiger partial charge in [-0.3, -0.25) is 28.8 Å². The molecule has 0 spiro atoms. The van der Waals surface area contributed by atoms with Gasteiger partial charge in [-0.25, -0.2) is 0 Å². The quantitative estimate of drug-likeness (QED) is 0.0374. The molecule has 2 N–H and O–H groups in total. The van der Waals surface area contributed by atoms with Gasteiger partial charge in [-0.1, -0.05) is 97.1 Å². The highest BCUT2D eigenvalue weighted by molar-refractivity contribution is 7.99. The average Bonchev–Trinajstić information content (AvgIpc) is 3.99. The normalized spacial score (nSPS) is 13.7. The second-order valence-corrected chi connectivity index (χ2v) is 20.5. The molecular weight excluding hydrogens is 945 g/mol. The van der Waals surface area contributed by atoms with Crippen LogP contribution in [-0.2, 0) is 86.2 Å². The summed E-state index contributed by atoms with van der Waals surface area (Å²) in [5.74, 6) is 1.83. The van der Waals surface area contributed by atoms with E-state index < -0.39 is 30.6 Å². The van der Waals surface area contributed by atoms with E-state index in [1.807, 2.05) is 107 Å². The second-order valence-electron chi connectivity index (χ2n) is 18.1. The number of likely N-dealkylation sites (tertiary alicyclic amines) is 2. The molecule has 0 unspecified atom stereocenters. The minimum atomic E-state index is -1.38. The molecule has 2 fully saturated rings. The Kier molecular flexibility index (Phi) is 22.3. The Morgan fingerprint density at radius 1 is 0.451 bits per heavy atom. The number of aliphatic hydroxyl groups is 2. The third-order valence-electron chi connectivity index (χ3n) is 12.4. The maximum atomic E-state index is 12.8. The third kappa shape index (κ3) is 19.1. The summed E-state index contributed by atoms with van der Waals surface area (Å²) in [6.45, 7) is 2.00. The van der Waals surface area contributed by atoms with E-state index in [2.05, 4.69) is 0 Å². The summed E-state index contributed by atoms with van der Waals surface area (Å²) < 4.78 is 21.7. The summed E-state index contributed by atoms with van der Waals surface area (Å²) in [4.78, 5) is 77.6. The van der Waals surface area contributed by atoms with E-state index in [1.54, 1.807) is 23.5 Å². The minimum absolute atomic E-state index is 0.0280. The van der Waals surface area contributed by atoms with Gasteiger partial charge in [-0.15, -0.1) is 0 Å². The number of aliphatic hydroxyl groups excluding tert-OH is 2. The van der Waals surface area contributed by atoms with Crippen molar-refractivity contribution in [2.45, 2.75) is 64.2 Å². The lowest BCUT2D eigenvalue weighted by Gasteiger charge is -2.28. The first-order valence-electron chi connectivity index (χ1n) is 24.3. The van der Waals surface area contributed by atoms with Crippen LogP contribution in [0.4, 0.5) is 0 Å². The molecule has 71 heavy (non-hydrogen) atoms. The van der Waals surface area contributed by atoms with Crippen molar-refractivity contribution in [3.05, 3.63) is 142 Å². The van der Waals surface area contributed by atoms with Gasteiger partial charge in [0.2, 0.25) is 11.8 Å². The lowest BCUT2D eigenvalue weighted by molar-refractivity contribution is -0.158. The Labute approximate surface area is 425 Å². The molecular formula is C55H66N2O12S2. The van der Waals surface area contributed by atoms with Crippen molar-refractivity contribution in [1.29, 1.82) is 0 Å². The fourth-order valence-electron chi connectivity index (χ4n) is 8.05. The summed E-state index contributed by atoms with van der Waals surface area (Å²) in [6.07, 6.45) is 4.78. The fourth-order valence-corrected chi connectivity index (χ4v) is 9.56. The molecule has 6 rings (SSSR count). The van der Waals surface area contributed by atoms with Gasteiger partial charge < -0.3 is 39.0 Å². The standard InChI is InChI=1S/C55H66N2O12S2/c58-37-55(38-59,39-68-53(64)35-47-17-9-43(10-18-47)31-41-5-13-45(14-6-41)33-51(62)66-25-29-70-27-23-56-21-1-3-49(56)60)40-69-54(65)36-48-19-11-44(12-20-48)32-42-7-15-46(16-8-42)34-52(63)67-26-30-71-28-24-57-22-2-4-50(57)61/h5-20,58-59H,1-4,21-40H2. The van der Waals surface area contributed by atoms with E-state index in [0.29, 0.717) is 50.4 Å². The molecule has 4 aromatic carbocycles. The van der Waals surface area contributed by atoms with Crippen LogP contribution in [0.3, 0.4) is 0 Å². The van der Waals surface area contributed by atoms with Crippen molar-refractivity contribution >= 4 is 59.2 Å². The molecule has 0 aromatic heterocycles. The van der Waals surface area contributed by atoms with Crippen molar-refractivity contribution in [2.75, 3.05) is 88.8 Å². The number of thioether (sulfide) groups is 2. The van der Waals surface area contributed by atoms with Gasteiger partial charge in [0.25, 0.3) is 0 Å². The Morgan fingerprint density at radius 3 is 1.03 bits per heavy atom. The van der Waals surface area contributed by atoms with Crippen molar-refractivity contribution in [2.24, 2.45) is 5.41 Å². The summed E-state index contributed by atoms with van der Waals surface area (Å²) in [5, 5.41) is 20.3. The summed E-state index contributed by atoms with van der Waals surface area (Å²) >= 11 is 3.35. The molecule has 2 heterocycles. The number of esters is 4. The number of nitrogens with zero attached hydrogens (tertiary/aromatic N) is 2. The molecule has 16 heteroatoms. The van der Waals surface area contributed by atoms with Crippen LogP contribution in [0.5, 0.6) is 0 Å². The van der Waals surface area contributed by atoms with Crippen molar-refractivity contribution < 1.29 is 57.9 Å². The SMILES string of the molecule is O=C(Cc1ccc(Cc2ccc(CC(=O)OCC(CO)(CO)COC(=O)Cc3ccc(Cc4ccc(CC(=O)OCCSCCN5CCCC5=O)cc4)cc3)cc2)cc1)OCCSCCN1CCCC1=O. The number of ether oxygens (including phenoxy) is 4. The third-order valence-corrected chi connectivity index (χ3v) is 14.2. The summed E-state index contributed by atoms with van der Waals surface area (Å²) in [7, 11) is 0. The Balaban J connectivity index is 0.827. The number of benzene rings is 4. The predicted octanol–water partition coefficient (Wildman–Crippen LogP) is 5.59. The maximum Gasteiger partial charge on any atom is 0.310 e. The van der Waals surface area contributed by atoms with Crippen LogP contribution in [0.15, 0.2) is 97.1 Å². The highest BCUT2D eigenvalue weighted by Gasteiger charge is 2.33. The highest BCUT2D eigenvalue weighted by Crippen LogP contribution is 2.21. The Hall–Kier alpha value is -5.68. The predicted molar refractivity (Wildman–Crippen MR) is 273 cm³/mol. The molecule has 0 atom stereocenters. The molecule has 14 nitrogen and oxygen atoms in total. The second kappa shape index (κ2) is 29.0. The van der Waals surface area contributed by atoms with Gasteiger partial charge in [-0.05, 0) is 70.2 Å². The Morgan fingerprint density at radius 2 is 0.746 bits per heavy atom. The molecule has 0 radical (unpaired) electrons. The van der Waals surface area contributed by atoms with E-state index in [9.17, 15) is 39.0 Å². The molecule has 0 aliphatic carbocycles. The monoisotopic (exact) mass is 1010 g/mol. The van der Waals surface area contributed by atoms with Gasteiger partial charge >= 0.3 is 23.9 Å². The lowest BCUT2D eigenvalue weighted by Crippen LogP contribution is -2.41. The number of hydrogen-bond donors (Lipinski definition) is 2. The van der Waals surface area contributed by atoms with E-state index in [-0.39, 0.29) is 62.7 Å². The van der Waals surface area contributed by atoms with E-state index >= 15 is 0 Å². The molecule has 0 bridgehead atoms. The van der Waals surface area contributed by atoms with E-state index in [4.69, 9.17) is 18.9 Å². The zero-order valence-electron chi connectivity index (χ0n) is 40.4. The number of carbonyl (C=O) groups excluding carboxylic acids is 6. The molecule has 4 aromatic rings. The first-order valence-corrected chi connectivity index (χ1v) is 26.7. The first kappa shape index (κ1) is 54.6. The van der Waals surface area contributed by atoms with Crippen molar-refractivity contribution in [3.8, 4) is 0 Å². The molecule has 2 amide bonds. The maximum absolute atomic E-state index is 12.8. The Bertz CT molecular complexity index is 2180. The van der Waals surface area contributed by atoms with Crippen LogP contribution >= 0.6 is 23.5 Å². The van der Waals surface area contributed by atoms with Gasteiger partial charge in [-0.2, -0.15) is 23.5 Å². The first-order chi connectivity index (χ1) is 34.5. The van der Waals surface area contributed by atoms with Crippen LogP contribution in [-0.4, -0.2) is 145 Å². The van der Waals surface area contributed by atoms with Crippen LogP contribution in [0, 0.1) is 5.41 Å². The smallest absolute Gasteiger partial charge is 0.310 e. The summed E-state index contributed by atoms with van der Waals surface area (Å²) in [6, 6.07) is 30.7. The van der Waals surface area contributed by atoms with Gasteiger partial charge in [0.1, 0.15) is 26.4 Å². The highest BCUT2D eigenvalue weighted by atomic mass is 32.2. The molecule has 0 saturated carbocycles. The topological polar surface area (TPSA) is 186 Å². The number of rotatable bonds is 30. The van der Waals surface area contributed by atoms with Crippen LogP contribution in [0.2, 0.25) is 0 Å². The molecule has 2 saturated heterocycles. The lowest BCUT2D eigenvalue weighted by atomic mass is 9.92. The molecule has 2 aliphatic rings. The minimum Gasteiger partial charge on any atom is -0.465 e. The van der Waals surface area contributed by atoms with Crippen LogP contribution in [0.1, 0.15) is 70.2 Å². The summed E-state index contributed by atoms with van der Waals surface area (Å²) in [5.41, 5.74) is 5.98. The molecule has 2 aliphatic heterocycles. The number of carbonyl (C=O) groups is 6. The van der Waals surface area contributed by atoms with Crippen LogP contribution in [0.25, 0.3) is 0 Å². The van der Waals surface area contributed by atoms with Crippen molar-refractivity contribution in [3.63, 3.8) is 0 Å². The zero-order chi connectivity index (χ0) is 50.3. The zero-order valence-corrected chi connectivity index (χ0v) is 42.0. The van der Waals surface area contributed by atoms with E-state index in [0.717, 1.165) is 95.0 Å². The molecule has 380 valence electrons. The van der Waals surface area contributed by atoms with Gasteiger partial charge in [0.15, 0.2) is 0 Å². The van der Waals surface area contributed by atoms with Gasteiger partial charge in [0, 0.05) is 62.0 Å². The van der Waals surface area contributed by atoms with Gasteiger partial charge in [0.05, 0.1) is 44.3 Å². The van der Waals surface area contributed by atoms with E-state index in [1.165, 1.54) is 0 Å². The average molecular weight is 1010 g/mol. The number of hydrogen-bond acceptors (Lipinski definition) is 14. The fraction of sp³-hybridized carbons (Fsp3) is 0.455. The number of amides is 2. The van der Waals surface area contributed by atoms with Crippen molar-refractivity contribution in [1.82, 2.24) is 9.80 Å².